The van der Waals surface area contributed by atoms with Crippen molar-refractivity contribution in [3.8, 4) is 5.75 Å². The first-order chi connectivity index (χ1) is 22.4. The summed E-state index contributed by atoms with van der Waals surface area (Å²) in [6, 6.07) is 9.06. The lowest BCUT2D eigenvalue weighted by atomic mass is 9.84. The molecule has 268 valence electrons. The maximum absolute atomic E-state index is 13.6. The molecule has 0 aromatic heterocycles. The van der Waals surface area contributed by atoms with Crippen LogP contribution < -0.4 is 15.4 Å². The number of ether oxygens (including phenoxy) is 2. The van der Waals surface area contributed by atoms with Gasteiger partial charge < -0.3 is 20.1 Å². The zero-order chi connectivity index (χ0) is 37.1. The van der Waals surface area contributed by atoms with Crippen molar-refractivity contribution in [2.24, 2.45) is 16.2 Å². The fourth-order valence-corrected chi connectivity index (χ4v) is 5.58. The van der Waals surface area contributed by atoms with E-state index < -0.39 is 40.7 Å². The molecule has 1 aliphatic rings. The summed E-state index contributed by atoms with van der Waals surface area (Å²) in [7, 11) is 0. The van der Waals surface area contributed by atoms with Crippen molar-refractivity contribution < 1.29 is 33.4 Å². The molecule has 2 aromatic rings. The third kappa shape index (κ3) is 11.0. The Morgan fingerprint density at radius 3 is 2.08 bits per heavy atom. The Bertz CT molecular complexity index is 1600. The van der Waals surface area contributed by atoms with Crippen molar-refractivity contribution in [2.45, 2.75) is 113 Å². The van der Waals surface area contributed by atoms with Gasteiger partial charge in [0, 0.05) is 17.5 Å². The van der Waals surface area contributed by atoms with Crippen LogP contribution in [-0.2, 0) is 36.8 Å². The molecule has 2 aromatic carbocycles. The summed E-state index contributed by atoms with van der Waals surface area (Å²) in [5.41, 5.74) is 0.477. The molecule has 2 N–H and O–H groups in total. The molecule has 11 heteroatoms. The maximum Gasteiger partial charge on any atom is 0.418 e. The highest BCUT2D eigenvalue weighted by Crippen LogP contribution is 2.33. The molecule has 3 rings (SSSR count). The molecule has 1 fully saturated rings. The van der Waals surface area contributed by atoms with E-state index in [9.17, 15) is 24.0 Å². The van der Waals surface area contributed by atoms with E-state index >= 15 is 0 Å². The summed E-state index contributed by atoms with van der Waals surface area (Å²) in [5.74, 6) is -1.87. The van der Waals surface area contributed by atoms with Crippen LogP contribution in [0.3, 0.4) is 0 Å². The highest BCUT2D eigenvalue weighted by atomic mass is 35.5. The predicted molar refractivity (Wildman–Crippen MR) is 192 cm³/mol. The normalized spacial score (nSPS) is 15.5. The van der Waals surface area contributed by atoms with E-state index in [-0.39, 0.29) is 33.9 Å². The molecule has 0 bridgehead atoms. The molecule has 1 heterocycles. The lowest BCUT2D eigenvalue weighted by Gasteiger charge is -2.28. The van der Waals surface area contributed by atoms with Crippen molar-refractivity contribution in [2.75, 3.05) is 17.2 Å². The first-order valence-electron chi connectivity index (χ1n) is 16.6. The number of anilines is 2. The van der Waals surface area contributed by atoms with Gasteiger partial charge in [0.25, 0.3) is 11.8 Å². The van der Waals surface area contributed by atoms with Crippen LogP contribution in [0.15, 0.2) is 36.4 Å². The van der Waals surface area contributed by atoms with Crippen LogP contribution in [0.1, 0.15) is 100 Å². The molecule has 0 saturated carbocycles. The molecule has 0 radical (unpaired) electrons. The average molecular weight is 698 g/mol. The lowest BCUT2D eigenvalue weighted by molar-refractivity contribution is -0.145. The van der Waals surface area contributed by atoms with Gasteiger partial charge in [-0.3, -0.25) is 19.2 Å². The number of cyclic esters (lactones) is 1. The topological polar surface area (TPSA) is 131 Å². The predicted octanol–water partition coefficient (Wildman–Crippen LogP) is 7.99. The number of amides is 4. The molecular weight excluding hydrogens is 646 g/mol. The molecule has 0 aliphatic carbocycles. The van der Waals surface area contributed by atoms with Crippen LogP contribution in [0.2, 0.25) is 5.02 Å². The lowest BCUT2D eigenvalue weighted by Crippen LogP contribution is -2.55. The smallest absolute Gasteiger partial charge is 0.418 e. The van der Waals surface area contributed by atoms with E-state index in [1.165, 1.54) is 31.5 Å². The number of benzene rings is 2. The van der Waals surface area contributed by atoms with E-state index in [0.29, 0.717) is 23.6 Å². The monoisotopic (exact) mass is 697 g/mol. The van der Waals surface area contributed by atoms with Gasteiger partial charge in [-0.1, -0.05) is 86.0 Å². The van der Waals surface area contributed by atoms with Gasteiger partial charge in [0.15, 0.2) is 17.4 Å². The number of halogens is 1. The van der Waals surface area contributed by atoms with E-state index in [4.69, 9.17) is 21.1 Å². The fraction of sp³-hybridized carbons (Fsp3) is 0.553. The zero-order valence-electron chi connectivity index (χ0n) is 30.8. The molecule has 1 atom stereocenters. The molecule has 4 amide bonds. The fourth-order valence-electron chi connectivity index (χ4n) is 5.41. The van der Waals surface area contributed by atoms with Gasteiger partial charge in [-0.2, -0.15) is 0 Å². The van der Waals surface area contributed by atoms with Crippen LogP contribution in [0, 0.1) is 16.2 Å². The molecule has 1 saturated heterocycles. The highest BCUT2D eigenvalue weighted by molar-refractivity contribution is 6.34. The van der Waals surface area contributed by atoms with Crippen LogP contribution in [-0.4, -0.2) is 52.7 Å². The van der Waals surface area contributed by atoms with Gasteiger partial charge in [-0.15, -0.1) is 0 Å². The second kappa shape index (κ2) is 14.9. The Kier molecular flexibility index (Phi) is 12.0. The average Bonchev–Trinajstić information content (AvgIpc) is 3.13. The summed E-state index contributed by atoms with van der Waals surface area (Å²) >= 11 is 6.37. The quantitative estimate of drug-likeness (QED) is 0.170. The van der Waals surface area contributed by atoms with Gasteiger partial charge in [-0.05, 0) is 79.3 Å². The zero-order valence-corrected chi connectivity index (χ0v) is 31.5. The van der Waals surface area contributed by atoms with E-state index in [1.54, 1.807) is 26.8 Å². The van der Waals surface area contributed by atoms with Crippen molar-refractivity contribution >= 4 is 52.6 Å². The van der Waals surface area contributed by atoms with Crippen LogP contribution in [0.25, 0.3) is 0 Å². The minimum atomic E-state index is -1.80. The van der Waals surface area contributed by atoms with Gasteiger partial charge in [-0.25, -0.2) is 9.69 Å². The number of nitrogens with one attached hydrogen (secondary N) is 2. The maximum atomic E-state index is 13.6. The number of nitrogens with zero attached hydrogens (tertiary/aromatic N) is 1. The van der Waals surface area contributed by atoms with Crippen LogP contribution in [0.5, 0.6) is 5.75 Å². The molecule has 1 unspecified atom stereocenters. The first-order valence-corrected chi connectivity index (χ1v) is 17.0. The molecule has 49 heavy (non-hydrogen) atoms. The Balaban J connectivity index is 1.67. The Labute approximate surface area is 295 Å². The second-order valence-corrected chi connectivity index (χ2v) is 17.1. The van der Waals surface area contributed by atoms with Crippen LogP contribution >= 0.6 is 11.6 Å². The Hall–Kier alpha value is -3.92. The molecular formula is C38H52ClN3O7. The Morgan fingerprint density at radius 1 is 0.898 bits per heavy atom. The van der Waals surface area contributed by atoms with Gasteiger partial charge in [0.2, 0.25) is 5.91 Å². The SMILES string of the molecule is CC(C)(C)Cc1ccc(OCCCC(=O)Nc2ccc(Cl)c(NC(=O)C(C(=O)C(C)(C)C)N3C(=O)OC(C)(C)C3=O)c2)c(CC(C)(C)C)c1. The minimum absolute atomic E-state index is 0.0760. The summed E-state index contributed by atoms with van der Waals surface area (Å²) in [6.45, 7) is 21.1. The van der Waals surface area contributed by atoms with Crippen molar-refractivity contribution in [3.05, 3.63) is 52.5 Å². The summed E-state index contributed by atoms with van der Waals surface area (Å²) in [4.78, 5) is 66.0. The van der Waals surface area contributed by atoms with Gasteiger partial charge >= 0.3 is 6.09 Å². The van der Waals surface area contributed by atoms with Crippen molar-refractivity contribution in [3.63, 3.8) is 0 Å². The number of Topliss-reactive ketones (excluding diaryl/α,β-unsaturated/α-hetero) is 1. The molecule has 1 aliphatic heterocycles. The third-order valence-electron chi connectivity index (χ3n) is 7.66. The first kappa shape index (κ1) is 39.5. The van der Waals surface area contributed by atoms with Gasteiger partial charge in [0.1, 0.15) is 5.75 Å². The number of rotatable bonds is 12. The largest absolute Gasteiger partial charge is 0.493 e. The highest BCUT2D eigenvalue weighted by Gasteiger charge is 2.55. The molecule has 10 nitrogen and oxygen atoms in total. The van der Waals surface area contributed by atoms with Crippen molar-refractivity contribution in [1.29, 1.82) is 0 Å². The number of hydrogen-bond acceptors (Lipinski definition) is 7. The summed E-state index contributed by atoms with van der Waals surface area (Å²) < 4.78 is 11.3. The van der Waals surface area contributed by atoms with Crippen molar-refractivity contribution in [1.82, 2.24) is 4.90 Å². The van der Waals surface area contributed by atoms with E-state index in [1.807, 2.05) is 6.07 Å². The minimum Gasteiger partial charge on any atom is -0.493 e. The number of imide groups is 1. The number of ketones is 1. The summed E-state index contributed by atoms with van der Waals surface area (Å²) in [5, 5.41) is 5.49. The molecule has 0 spiro atoms. The van der Waals surface area contributed by atoms with Gasteiger partial charge in [0.05, 0.1) is 17.3 Å². The number of hydrogen-bond donors (Lipinski definition) is 2. The standard InChI is InChI=1S/C38H52ClN3O7/c1-35(2,3)21-23-14-17-28(24(19-23)22-36(4,5)6)48-18-12-13-29(43)40-25-15-16-26(39)27(20-25)41-32(45)30(31(44)37(7,8)9)42-33(46)38(10,11)49-34(42)47/h14-17,19-20,30H,12-13,18,21-22H2,1-11H3,(H,40,43)(H,41,45). The number of carbonyl (C=O) groups is 5. The third-order valence-corrected chi connectivity index (χ3v) is 7.99. The second-order valence-electron chi connectivity index (χ2n) is 16.7. The van der Waals surface area contributed by atoms with E-state index in [2.05, 4.69) is 64.3 Å². The van der Waals surface area contributed by atoms with E-state index in [0.717, 1.165) is 24.2 Å². The van der Waals surface area contributed by atoms with Crippen LogP contribution in [0.4, 0.5) is 16.2 Å². The summed E-state index contributed by atoms with van der Waals surface area (Å²) in [6.07, 6.45) is 1.37. The Morgan fingerprint density at radius 2 is 1.53 bits per heavy atom. The number of carbonyl (C=O) groups excluding carboxylic acids is 5.